The highest BCUT2D eigenvalue weighted by Gasteiger charge is 2.49. The van der Waals surface area contributed by atoms with Crippen LogP contribution in [-0.4, -0.2) is 46.8 Å². The fourth-order valence-electron chi connectivity index (χ4n) is 3.94. The Morgan fingerprint density at radius 3 is 1.28 bits per heavy atom. The van der Waals surface area contributed by atoms with E-state index in [4.69, 9.17) is 11.5 Å². The summed E-state index contributed by atoms with van der Waals surface area (Å²) in [7, 11) is 0. The number of amides is 4. The fraction of sp³-hybridized carbons (Fsp3) is 0.222. The molecule has 4 amide bonds. The predicted molar refractivity (Wildman–Crippen MR) is 93.1 cm³/mol. The Bertz CT molecular complexity index is 1180. The van der Waals surface area contributed by atoms with Gasteiger partial charge in [-0.25, -0.2) is 0 Å². The van der Waals surface area contributed by atoms with E-state index in [2.05, 4.69) is 0 Å². The first-order chi connectivity index (χ1) is 14.8. The molecule has 0 radical (unpaired) electrons. The highest BCUT2D eigenvalue weighted by molar-refractivity contribution is 6.34. The zero-order chi connectivity index (χ0) is 23.9. The molecule has 2 aromatic rings. The lowest BCUT2D eigenvalue weighted by Crippen LogP contribution is -2.47. The summed E-state index contributed by atoms with van der Waals surface area (Å²) in [5.41, 5.74) is 2.84. The van der Waals surface area contributed by atoms with Gasteiger partial charge in [-0.2, -0.15) is 26.3 Å². The Hall–Kier alpha value is -3.52. The van der Waals surface area contributed by atoms with Gasteiger partial charge in [0.05, 0.1) is 35.6 Å². The number of carbonyl (C=O) groups is 4. The second kappa shape index (κ2) is 6.49. The van der Waals surface area contributed by atoms with Crippen molar-refractivity contribution < 1.29 is 45.5 Å². The molecule has 14 heteroatoms. The molecule has 2 aliphatic heterocycles. The van der Waals surface area contributed by atoms with Crippen molar-refractivity contribution in [1.82, 2.24) is 9.80 Å². The smallest absolute Gasteiger partial charge is 0.313 e. The third kappa shape index (κ3) is 2.65. The third-order valence-electron chi connectivity index (χ3n) is 5.25. The van der Waals surface area contributed by atoms with Gasteiger partial charge in [0.1, 0.15) is 0 Å². The minimum atomic E-state index is -5.31. The van der Waals surface area contributed by atoms with Gasteiger partial charge in [0.2, 0.25) is 0 Å². The van der Waals surface area contributed by atoms with Crippen molar-refractivity contribution in [2.45, 2.75) is 12.4 Å². The second-order valence-corrected chi connectivity index (χ2v) is 6.88. The van der Waals surface area contributed by atoms with Crippen molar-refractivity contribution in [3.63, 3.8) is 0 Å². The first-order valence-corrected chi connectivity index (χ1v) is 8.70. The summed E-state index contributed by atoms with van der Waals surface area (Å²) in [6.45, 7) is -1.83. The van der Waals surface area contributed by atoms with E-state index in [9.17, 15) is 45.5 Å². The number of halogens is 6. The summed E-state index contributed by atoms with van der Waals surface area (Å²) < 4.78 is 83.1. The first kappa shape index (κ1) is 21.7. The van der Waals surface area contributed by atoms with Crippen molar-refractivity contribution in [2.75, 3.05) is 13.3 Å². The maximum absolute atomic E-state index is 13.8. The van der Waals surface area contributed by atoms with E-state index >= 15 is 0 Å². The van der Waals surface area contributed by atoms with Gasteiger partial charge in [-0.1, -0.05) is 0 Å². The van der Waals surface area contributed by atoms with Gasteiger partial charge in [-0.05, 0) is 12.1 Å². The van der Waals surface area contributed by atoms with Crippen molar-refractivity contribution in [3.8, 4) is 0 Å². The Morgan fingerprint density at radius 2 is 0.969 bits per heavy atom. The number of benzene rings is 2. The average Bonchev–Trinajstić information content (AvgIpc) is 2.68. The van der Waals surface area contributed by atoms with Crippen LogP contribution in [0.2, 0.25) is 0 Å². The molecule has 0 unspecified atom stereocenters. The lowest BCUT2D eigenvalue weighted by Gasteiger charge is -2.34. The molecule has 0 aromatic heterocycles. The second-order valence-electron chi connectivity index (χ2n) is 6.88. The lowest BCUT2D eigenvalue weighted by molar-refractivity contribution is -0.138. The molecule has 2 aliphatic rings. The van der Waals surface area contributed by atoms with Gasteiger partial charge in [-0.15, -0.1) is 0 Å². The van der Waals surface area contributed by atoms with E-state index in [0.29, 0.717) is 0 Å². The maximum Gasteiger partial charge on any atom is 0.417 e. The molecule has 0 fully saturated rings. The summed E-state index contributed by atoms with van der Waals surface area (Å²) in [6.07, 6.45) is -10.6. The summed E-state index contributed by atoms with van der Waals surface area (Å²) in [5, 5.41) is -1.73. The van der Waals surface area contributed by atoms with Crippen molar-refractivity contribution in [3.05, 3.63) is 45.5 Å². The summed E-state index contributed by atoms with van der Waals surface area (Å²) in [5.74, 6) is -5.83. The average molecular weight is 460 g/mol. The van der Waals surface area contributed by atoms with Gasteiger partial charge in [0.15, 0.2) is 0 Å². The largest absolute Gasteiger partial charge is 0.417 e. The first-order valence-electron chi connectivity index (χ1n) is 8.70. The molecule has 2 heterocycles. The Balaban J connectivity index is 2.35. The molecule has 4 N–H and O–H groups in total. The molecule has 0 bridgehead atoms. The van der Waals surface area contributed by atoms with E-state index < -0.39 is 93.5 Å². The highest BCUT2D eigenvalue weighted by atomic mass is 19.4. The molecule has 8 nitrogen and oxygen atoms in total. The van der Waals surface area contributed by atoms with Gasteiger partial charge in [-0.3, -0.25) is 29.0 Å². The minimum Gasteiger partial charge on any atom is -0.313 e. The van der Waals surface area contributed by atoms with Crippen molar-refractivity contribution in [2.24, 2.45) is 11.5 Å². The summed E-state index contributed by atoms with van der Waals surface area (Å²) in [6, 6.07) is 0.524. The van der Waals surface area contributed by atoms with Crippen LogP contribution in [0.4, 0.5) is 26.3 Å². The molecule has 0 saturated heterocycles. The van der Waals surface area contributed by atoms with E-state index in [1.807, 2.05) is 0 Å². The van der Waals surface area contributed by atoms with Crippen LogP contribution < -0.4 is 11.5 Å². The van der Waals surface area contributed by atoms with Crippen LogP contribution in [-0.2, 0) is 12.4 Å². The molecule has 2 aromatic carbocycles. The fourth-order valence-corrected chi connectivity index (χ4v) is 3.94. The van der Waals surface area contributed by atoms with E-state index in [0.717, 1.165) is 0 Å². The Kier molecular flexibility index (Phi) is 4.40. The van der Waals surface area contributed by atoms with Crippen LogP contribution in [0.25, 0.3) is 10.8 Å². The predicted octanol–water partition coefficient (Wildman–Crippen LogP) is 1.90. The number of hydrogen-bond acceptors (Lipinski definition) is 6. The Labute approximate surface area is 173 Å². The van der Waals surface area contributed by atoms with Crippen LogP contribution in [0.3, 0.4) is 0 Å². The van der Waals surface area contributed by atoms with Crippen LogP contribution in [0.1, 0.15) is 52.6 Å². The number of rotatable bonds is 2. The zero-order valence-electron chi connectivity index (χ0n) is 15.5. The van der Waals surface area contributed by atoms with E-state index in [1.165, 1.54) is 0 Å². The molecular weight excluding hydrogens is 450 g/mol. The number of nitrogens with zero attached hydrogens (tertiary/aromatic N) is 2. The highest BCUT2D eigenvalue weighted by Crippen LogP contribution is 2.47. The van der Waals surface area contributed by atoms with Gasteiger partial charge in [0.25, 0.3) is 23.6 Å². The number of nitrogens with two attached hydrogens (primary N) is 2. The molecule has 0 aliphatic carbocycles. The van der Waals surface area contributed by atoms with E-state index in [1.54, 1.807) is 0 Å². The zero-order valence-corrected chi connectivity index (χ0v) is 15.5. The number of carbonyl (C=O) groups excluding carboxylic acids is 4. The Morgan fingerprint density at radius 1 is 0.625 bits per heavy atom. The van der Waals surface area contributed by atoms with Crippen LogP contribution in [0.5, 0.6) is 0 Å². The summed E-state index contributed by atoms with van der Waals surface area (Å²) >= 11 is 0. The minimum absolute atomic E-state index is 0.0303. The van der Waals surface area contributed by atoms with E-state index in [-0.39, 0.29) is 21.9 Å². The topological polar surface area (TPSA) is 127 Å². The van der Waals surface area contributed by atoms with Crippen molar-refractivity contribution >= 4 is 34.4 Å². The number of hydrogen-bond donors (Lipinski definition) is 2. The van der Waals surface area contributed by atoms with Crippen LogP contribution in [0.15, 0.2) is 12.1 Å². The van der Waals surface area contributed by atoms with Crippen molar-refractivity contribution in [1.29, 1.82) is 0 Å². The molecule has 0 spiro atoms. The monoisotopic (exact) mass is 460 g/mol. The SMILES string of the molecule is NCN1C(=O)c2cc(C(F)(F)F)c3c4c(c(C(F)(F)F)cc(c24)C1=O)C(=O)N(CN)C3=O. The lowest BCUT2D eigenvalue weighted by atomic mass is 9.81. The van der Waals surface area contributed by atoms with Gasteiger partial charge >= 0.3 is 12.4 Å². The van der Waals surface area contributed by atoms with Crippen LogP contribution in [0, 0.1) is 0 Å². The van der Waals surface area contributed by atoms with Crippen LogP contribution >= 0.6 is 0 Å². The standard InChI is InChI=1S/C18H10F6N4O4/c19-17(20,21)7-1-5-9-6(14(30)27(3-25)13(5)29)2-8(18(22,23)24)11-12(9)10(7)15(31)28(4-26)16(11)32/h1-2H,3-4,25-26H2. The van der Waals surface area contributed by atoms with Gasteiger partial charge in [0, 0.05) is 21.9 Å². The molecular formula is C18H10F6N4O4. The molecule has 0 saturated carbocycles. The maximum atomic E-state index is 13.8. The quantitative estimate of drug-likeness (QED) is 0.521. The molecule has 32 heavy (non-hydrogen) atoms. The number of imide groups is 2. The van der Waals surface area contributed by atoms with Gasteiger partial charge < -0.3 is 11.5 Å². The molecule has 168 valence electrons. The third-order valence-corrected chi connectivity index (χ3v) is 5.25. The summed E-state index contributed by atoms with van der Waals surface area (Å²) in [4.78, 5) is 51.1. The number of alkyl halides is 6. The molecule has 4 rings (SSSR count). The molecule has 0 atom stereocenters. The normalized spacial score (nSPS) is 16.5.